The molecule has 0 saturated heterocycles. The standard InChI is InChI=1S/C11H16BrNO2S/c1-3-16(14,15)11-7-5-4-6-10(11)13(2)9-8-12/h4-7H,3,8-9H2,1-2H3. The van der Waals surface area contributed by atoms with E-state index in [0.717, 1.165) is 17.6 Å². The van der Waals surface area contributed by atoms with Crippen LogP contribution in [-0.2, 0) is 9.84 Å². The van der Waals surface area contributed by atoms with E-state index in [-0.39, 0.29) is 5.75 Å². The topological polar surface area (TPSA) is 37.4 Å². The summed E-state index contributed by atoms with van der Waals surface area (Å²) in [6.07, 6.45) is 0. The first-order valence-electron chi connectivity index (χ1n) is 5.11. The smallest absolute Gasteiger partial charge is 0.180 e. The van der Waals surface area contributed by atoms with Crippen LogP contribution in [0.15, 0.2) is 29.2 Å². The van der Waals surface area contributed by atoms with Gasteiger partial charge >= 0.3 is 0 Å². The average molecular weight is 306 g/mol. The van der Waals surface area contributed by atoms with Crippen molar-refractivity contribution < 1.29 is 8.42 Å². The number of nitrogens with zero attached hydrogens (tertiary/aromatic N) is 1. The lowest BCUT2D eigenvalue weighted by Gasteiger charge is -2.21. The zero-order valence-electron chi connectivity index (χ0n) is 9.48. The monoisotopic (exact) mass is 305 g/mol. The number of anilines is 1. The molecule has 0 radical (unpaired) electrons. The first-order chi connectivity index (χ1) is 7.53. The van der Waals surface area contributed by atoms with Crippen LogP contribution >= 0.6 is 15.9 Å². The molecule has 0 aliphatic carbocycles. The maximum absolute atomic E-state index is 11.9. The fourth-order valence-electron chi connectivity index (χ4n) is 1.44. The number of alkyl halides is 1. The van der Waals surface area contributed by atoms with E-state index >= 15 is 0 Å². The molecule has 0 aliphatic rings. The lowest BCUT2D eigenvalue weighted by Crippen LogP contribution is -2.22. The highest BCUT2D eigenvalue weighted by atomic mass is 79.9. The molecule has 5 heteroatoms. The summed E-state index contributed by atoms with van der Waals surface area (Å²) in [7, 11) is -1.26. The third kappa shape index (κ3) is 2.98. The van der Waals surface area contributed by atoms with Gasteiger partial charge in [0.05, 0.1) is 16.3 Å². The maximum Gasteiger partial charge on any atom is 0.180 e. The van der Waals surface area contributed by atoms with Gasteiger partial charge in [0.25, 0.3) is 0 Å². The lowest BCUT2D eigenvalue weighted by atomic mass is 10.3. The lowest BCUT2D eigenvalue weighted by molar-refractivity contribution is 0.597. The van der Waals surface area contributed by atoms with Crippen LogP contribution in [0.2, 0.25) is 0 Å². The summed E-state index contributed by atoms with van der Waals surface area (Å²) in [4.78, 5) is 2.36. The molecular weight excluding hydrogens is 290 g/mol. The van der Waals surface area contributed by atoms with Gasteiger partial charge in [-0.2, -0.15) is 0 Å². The zero-order valence-corrected chi connectivity index (χ0v) is 11.9. The maximum atomic E-state index is 11.9. The van der Waals surface area contributed by atoms with E-state index in [1.807, 2.05) is 24.1 Å². The molecule has 0 aromatic heterocycles. The molecule has 16 heavy (non-hydrogen) atoms. The summed E-state index contributed by atoms with van der Waals surface area (Å²) < 4.78 is 23.8. The summed E-state index contributed by atoms with van der Waals surface area (Å²) in [5.74, 6) is 0.131. The number of para-hydroxylation sites is 1. The molecule has 0 atom stereocenters. The Morgan fingerprint density at radius 1 is 1.31 bits per heavy atom. The van der Waals surface area contributed by atoms with Crippen molar-refractivity contribution in [1.29, 1.82) is 0 Å². The van der Waals surface area contributed by atoms with Crippen LogP contribution in [0.4, 0.5) is 5.69 Å². The fraction of sp³-hybridized carbons (Fsp3) is 0.455. The van der Waals surface area contributed by atoms with E-state index < -0.39 is 9.84 Å². The molecule has 0 heterocycles. The quantitative estimate of drug-likeness (QED) is 0.784. The molecule has 0 spiro atoms. The Bertz CT molecular complexity index is 445. The molecule has 0 amide bonds. The normalized spacial score (nSPS) is 11.4. The molecule has 0 N–H and O–H groups in total. The Morgan fingerprint density at radius 2 is 1.94 bits per heavy atom. The number of benzene rings is 1. The van der Waals surface area contributed by atoms with Gasteiger partial charge in [-0.25, -0.2) is 8.42 Å². The first-order valence-corrected chi connectivity index (χ1v) is 7.89. The van der Waals surface area contributed by atoms with Crippen LogP contribution < -0.4 is 4.90 Å². The van der Waals surface area contributed by atoms with Gasteiger partial charge in [-0.15, -0.1) is 0 Å². The Morgan fingerprint density at radius 3 is 2.50 bits per heavy atom. The van der Waals surface area contributed by atoms with Gasteiger partial charge in [-0.05, 0) is 12.1 Å². The van der Waals surface area contributed by atoms with Crippen LogP contribution in [0.1, 0.15) is 6.92 Å². The second-order valence-corrected chi connectivity index (χ2v) is 6.52. The first kappa shape index (κ1) is 13.5. The van der Waals surface area contributed by atoms with Crippen LogP contribution in [0.5, 0.6) is 0 Å². The predicted octanol–water partition coefficient (Wildman–Crippen LogP) is 2.31. The van der Waals surface area contributed by atoms with Crippen LogP contribution in [0.25, 0.3) is 0 Å². The van der Waals surface area contributed by atoms with Gasteiger partial charge in [0.2, 0.25) is 0 Å². The minimum atomic E-state index is -3.15. The largest absolute Gasteiger partial charge is 0.373 e. The number of sulfone groups is 1. The highest BCUT2D eigenvalue weighted by molar-refractivity contribution is 9.09. The van der Waals surface area contributed by atoms with Gasteiger partial charge in [0.1, 0.15) is 0 Å². The van der Waals surface area contributed by atoms with Crippen molar-refractivity contribution in [3.05, 3.63) is 24.3 Å². The molecule has 0 fully saturated rings. The van der Waals surface area contributed by atoms with E-state index in [0.29, 0.717) is 4.90 Å². The molecule has 0 bridgehead atoms. The van der Waals surface area contributed by atoms with E-state index in [9.17, 15) is 8.42 Å². The molecule has 1 aromatic carbocycles. The highest BCUT2D eigenvalue weighted by Crippen LogP contribution is 2.24. The van der Waals surface area contributed by atoms with Crippen molar-refractivity contribution in [2.75, 3.05) is 29.6 Å². The van der Waals surface area contributed by atoms with Gasteiger partial charge < -0.3 is 4.90 Å². The van der Waals surface area contributed by atoms with E-state index in [2.05, 4.69) is 15.9 Å². The van der Waals surface area contributed by atoms with Crippen molar-refractivity contribution in [2.45, 2.75) is 11.8 Å². The third-order valence-electron chi connectivity index (χ3n) is 2.41. The molecular formula is C11H16BrNO2S. The third-order valence-corrected chi connectivity index (χ3v) is 4.54. The number of halogens is 1. The highest BCUT2D eigenvalue weighted by Gasteiger charge is 2.17. The molecule has 0 saturated carbocycles. The average Bonchev–Trinajstić information content (AvgIpc) is 2.29. The number of rotatable bonds is 5. The van der Waals surface area contributed by atoms with Crippen molar-refractivity contribution in [3.63, 3.8) is 0 Å². The molecule has 1 rings (SSSR count). The summed E-state index contributed by atoms with van der Waals surface area (Å²) in [5, 5.41) is 0.810. The van der Waals surface area contributed by atoms with Gasteiger partial charge in [0, 0.05) is 18.9 Å². The second-order valence-electron chi connectivity index (χ2n) is 3.48. The Labute approximate surface area is 106 Å². The minimum absolute atomic E-state index is 0.131. The van der Waals surface area contributed by atoms with Crippen LogP contribution in [0, 0.1) is 0 Å². The molecule has 1 aromatic rings. The Kier molecular flexibility index (Phi) is 4.80. The van der Waals surface area contributed by atoms with E-state index in [4.69, 9.17) is 0 Å². The van der Waals surface area contributed by atoms with Crippen LogP contribution in [-0.4, -0.2) is 33.1 Å². The SMILES string of the molecule is CCS(=O)(=O)c1ccccc1N(C)CCBr. The summed E-state index contributed by atoms with van der Waals surface area (Å²) in [6.45, 7) is 2.44. The molecule has 3 nitrogen and oxygen atoms in total. The summed E-state index contributed by atoms with van der Waals surface area (Å²) in [6, 6.07) is 7.12. The minimum Gasteiger partial charge on any atom is -0.373 e. The van der Waals surface area contributed by atoms with Crippen molar-refractivity contribution in [2.24, 2.45) is 0 Å². The van der Waals surface area contributed by atoms with Gasteiger partial charge in [-0.1, -0.05) is 35.0 Å². The predicted molar refractivity (Wildman–Crippen MR) is 71.2 cm³/mol. The number of hydrogen-bond donors (Lipinski definition) is 0. The molecule has 0 unspecified atom stereocenters. The Balaban J connectivity index is 3.20. The number of hydrogen-bond acceptors (Lipinski definition) is 3. The van der Waals surface area contributed by atoms with Crippen LogP contribution in [0.3, 0.4) is 0 Å². The van der Waals surface area contributed by atoms with Crippen molar-refractivity contribution in [1.82, 2.24) is 0 Å². The van der Waals surface area contributed by atoms with E-state index in [1.165, 1.54) is 0 Å². The summed E-state index contributed by atoms with van der Waals surface area (Å²) in [5.41, 5.74) is 0.767. The molecule has 0 aliphatic heterocycles. The van der Waals surface area contributed by atoms with Crippen molar-refractivity contribution in [3.8, 4) is 0 Å². The molecule has 90 valence electrons. The summed E-state index contributed by atoms with van der Waals surface area (Å²) >= 11 is 3.35. The van der Waals surface area contributed by atoms with E-state index in [1.54, 1.807) is 19.1 Å². The Hall–Kier alpha value is -0.550. The van der Waals surface area contributed by atoms with Gasteiger partial charge in [-0.3, -0.25) is 0 Å². The van der Waals surface area contributed by atoms with Gasteiger partial charge in [0.15, 0.2) is 9.84 Å². The van der Waals surface area contributed by atoms with Crippen molar-refractivity contribution >= 4 is 31.5 Å². The zero-order chi connectivity index (χ0) is 12.2. The fourth-order valence-corrected chi connectivity index (χ4v) is 3.11. The second kappa shape index (κ2) is 5.68.